The molecule has 0 radical (unpaired) electrons. The normalized spacial score (nSPS) is 23.6. The number of amides is 2. The van der Waals surface area contributed by atoms with Gasteiger partial charge in [0.25, 0.3) is 5.91 Å². The molecule has 21 heavy (non-hydrogen) atoms. The third-order valence-electron chi connectivity index (χ3n) is 4.06. The molecule has 0 aromatic heterocycles. The van der Waals surface area contributed by atoms with Gasteiger partial charge in [0.15, 0.2) is 6.10 Å². The van der Waals surface area contributed by atoms with Gasteiger partial charge in [-0.3, -0.25) is 9.59 Å². The molecular weight excluding hydrogens is 294 g/mol. The molecule has 1 fully saturated rings. The van der Waals surface area contributed by atoms with E-state index in [1.54, 1.807) is 12.1 Å². The van der Waals surface area contributed by atoms with E-state index in [-0.39, 0.29) is 5.91 Å². The van der Waals surface area contributed by atoms with Crippen LogP contribution in [0, 0.1) is 0 Å². The molecule has 1 saturated heterocycles. The summed E-state index contributed by atoms with van der Waals surface area (Å²) < 4.78 is 0. The van der Waals surface area contributed by atoms with Crippen molar-refractivity contribution in [3.05, 3.63) is 22.7 Å². The molecule has 1 unspecified atom stereocenters. The van der Waals surface area contributed by atoms with Crippen LogP contribution < -0.4 is 15.5 Å². The van der Waals surface area contributed by atoms with Gasteiger partial charge in [-0.25, -0.2) is 0 Å². The standard InChI is InChI=1S/C14H16ClN3O3/c1-14(2)13(21)16-3-4-18(14)10-6-9-7(5-8(10)15)11(19)12(20)17-9/h5-6,11,19H,3-4H2,1-2H3,(H,16,21)(H,17,20). The average Bonchev–Trinajstić information content (AvgIpc) is 2.68. The fourth-order valence-electron chi connectivity index (χ4n) is 2.78. The van der Waals surface area contributed by atoms with Crippen LogP contribution in [0.4, 0.5) is 11.4 Å². The van der Waals surface area contributed by atoms with Crippen LogP contribution in [0.15, 0.2) is 12.1 Å². The number of piperazine rings is 1. The average molecular weight is 310 g/mol. The minimum Gasteiger partial charge on any atom is -0.378 e. The summed E-state index contributed by atoms with van der Waals surface area (Å²) in [5.74, 6) is -0.539. The third-order valence-corrected chi connectivity index (χ3v) is 4.36. The van der Waals surface area contributed by atoms with Crippen molar-refractivity contribution in [3.63, 3.8) is 0 Å². The molecule has 6 nitrogen and oxygen atoms in total. The monoisotopic (exact) mass is 309 g/mol. The maximum Gasteiger partial charge on any atom is 0.257 e. The molecule has 2 aliphatic heterocycles. The lowest BCUT2D eigenvalue weighted by Crippen LogP contribution is -2.62. The minimum atomic E-state index is -1.19. The van der Waals surface area contributed by atoms with E-state index in [0.717, 1.165) is 0 Å². The van der Waals surface area contributed by atoms with Crippen molar-refractivity contribution in [2.45, 2.75) is 25.5 Å². The van der Waals surface area contributed by atoms with E-state index in [9.17, 15) is 14.7 Å². The van der Waals surface area contributed by atoms with Gasteiger partial charge in [-0.05, 0) is 26.0 Å². The zero-order valence-corrected chi connectivity index (χ0v) is 12.5. The molecule has 0 spiro atoms. The topological polar surface area (TPSA) is 81.7 Å². The first-order valence-electron chi connectivity index (χ1n) is 6.70. The smallest absolute Gasteiger partial charge is 0.257 e. The summed E-state index contributed by atoms with van der Waals surface area (Å²) in [6.45, 7) is 4.79. The minimum absolute atomic E-state index is 0.0746. The quantitative estimate of drug-likeness (QED) is 0.724. The van der Waals surface area contributed by atoms with Crippen LogP contribution in [0.25, 0.3) is 0 Å². The van der Waals surface area contributed by atoms with Gasteiger partial charge < -0.3 is 20.6 Å². The molecule has 2 heterocycles. The van der Waals surface area contributed by atoms with E-state index in [1.165, 1.54) is 0 Å². The Hall–Kier alpha value is -1.79. The molecule has 3 N–H and O–H groups in total. The van der Waals surface area contributed by atoms with Crippen molar-refractivity contribution in [2.75, 3.05) is 23.3 Å². The molecule has 2 amide bonds. The highest BCUT2D eigenvalue weighted by atomic mass is 35.5. The van der Waals surface area contributed by atoms with Crippen LogP contribution in [-0.2, 0) is 9.59 Å². The van der Waals surface area contributed by atoms with Gasteiger partial charge in [0.2, 0.25) is 5.91 Å². The number of hydrogen-bond donors (Lipinski definition) is 3. The summed E-state index contributed by atoms with van der Waals surface area (Å²) in [5, 5.41) is 15.6. The van der Waals surface area contributed by atoms with Gasteiger partial charge in [-0.15, -0.1) is 0 Å². The van der Waals surface area contributed by atoms with Gasteiger partial charge >= 0.3 is 0 Å². The Morgan fingerprint density at radius 2 is 2.10 bits per heavy atom. The Balaban J connectivity index is 2.06. The summed E-state index contributed by atoms with van der Waals surface area (Å²) in [4.78, 5) is 25.5. The Morgan fingerprint density at radius 1 is 1.38 bits per heavy atom. The number of halogens is 1. The Morgan fingerprint density at radius 3 is 2.81 bits per heavy atom. The van der Waals surface area contributed by atoms with Crippen LogP contribution in [-0.4, -0.2) is 35.5 Å². The van der Waals surface area contributed by atoms with Crippen molar-refractivity contribution >= 4 is 34.8 Å². The lowest BCUT2D eigenvalue weighted by atomic mass is 9.97. The maximum atomic E-state index is 12.0. The first kappa shape index (κ1) is 14.2. The predicted molar refractivity (Wildman–Crippen MR) is 79.5 cm³/mol. The van der Waals surface area contributed by atoms with Crippen molar-refractivity contribution < 1.29 is 14.7 Å². The van der Waals surface area contributed by atoms with Crippen molar-refractivity contribution in [1.82, 2.24) is 5.32 Å². The molecule has 0 aliphatic carbocycles. The molecule has 112 valence electrons. The Kier molecular flexibility index (Phi) is 3.11. The van der Waals surface area contributed by atoms with Crippen molar-refractivity contribution in [2.24, 2.45) is 0 Å². The van der Waals surface area contributed by atoms with Crippen LogP contribution in [0.1, 0.15) is 25.5 Å². The Labute approximate surface area is 127 Å². The highest BCUT2D eigenvalue weighted by molar-refractivity contribution is 6.34. The van der Waals surface area contributed by atoms with Crippen molar-refractivity contribution in [3.8, 4) is 0 Å². The fourth-order valence-corrected chi connectivity index (χ4v) is 3.06. The molecule has 1 aromatic rings. The second kappa shape index (κ2) is 4.61. The van der Waals surface area contributed by atoms with Gasteiger partial charge in [-0.2, -0.15) is 0 Å². The number of nitrogens with zero attached hydrogens (tertiary/aromatic N) is 1. The summed E-state index contributed by atoms with van der Waals surface area (Å²) >= 11 is 6.31. The molecule has 7 heteroatoms. The van der Waals surface area contributed by atoms with Gasteiger partial charge in [-0.1, -0.05) is 11.6 Å². The largest absolute Gasteiger partial charge is 0.378 e. The zero-order valence-electron chi connectivity index (χ0n) is 11.7. The van der Waals surface area contributed by atoms with Crippen LogP contribution >= 0.6 is 11.6 Å². The van der Waals surface area contributed by atoms with Crippen LogP contribution in [0.3, 0.4) is 0 Å². The SMILES string of the molecule is CC1(C)C(=O)NCCN1c1cc2c(cc1Cl)C(O)C(=O)N2. The highest BCUT2D eigenvalue weighted by Gasteiger charge is 2.39. The number of hydrogen-bond acceptors (Lipinski definition) is 4. The van der Waals surface area contributed by atoms with Crippen LogP contribution in [0.5, 0.6) is 0 Å². The lowest BCUT2D eigenvalue weighted by Gasteiger charge is -2.43. The van der Waals surface area contributed by atoms with Gasteiger partial charge in [0, 0.05) is 24.3 Å². The van der Waals surface area contributed by atoms with E-state index in [1.807, 2.05) is 18.7 Å². The second-order valence-electron chi connectivity index (χ2n) is 5.75. The molecule has 3 rings (SSSR count). The molecular formula is C14H16ClN3O3. The number of carbonyl (C=O) groups is 2. The van der Waals surface area contributed by atoms with E-state index in [2.05, 4.69) is 10.6 Å². The van der Waals surface area contributed by atoms with Crippen LogP contribution in [0.2, 0.25) is 5.02 Å². The molecule has 1 atom stereocenters. The Bertz CT molecular complexity index is 645. The number of rotatable bonds is 1. The number of carbonyl (C=O) groups excluding carboxylic acids is 2. The number of fused-ring (bicyclic) bond motifs is 1. The molecule has 1 aromatic carbocycles. The zero-order chi connectivity index (χ0) is 15.4. The highest BCUT2D eigenvalue weighted by Crippen LogP contribution is 2.41. The van der Waals surface area contributed by atoms with E-state index < -0.39 is 17.6 Å². The summed E-state index contributed by atoms with van der Waals surface area (Å²) in [5.41, 5.74) is 0.934. The van der Waals surface area contributed by atoms with Gasteiger partial charge in [0.1, 0.15) is 5.54 Å². The predicted octanol–water partition coefficient (Wildman–Crippen LogP) is 1.04. The number of aliphatic hydroxyl groups excluding tert-OH is 1. The molecule has 0 bridgehead atoms. The number of nitrogens with one attached hydrogen (secondary N) is 2. The maximum absolute atomic E-state index is 12.0. The van der Waals surface area contributed by atoms with E-state index in [4.69, 9.17) is 11.6 Å². The summed E-state index contributed by atoms with van der Waals surface area (Å²) in [6, 6.07) is 3.30. The second-order valence-corrected chi connectivity index (χ2v) is 6.16. The van der Waals surface area contributed by atoms with Crippen molar-refractivity contribution in [1.29, 1.82) is 0 Å². The first-order valence-corrected chi connectivity index (χ1v) is 7.08. The molecule has 2 aliphatic rings. The lowest BCUT2D eigenvalue weighted by molar-refractivity contribution is -0.126. The summed E-state index contributed by atoms with van der Waals surface area (Å²) in [6.07, 6.45) is -1.19. The molecule has 0 saturated carbocycles. The number of aliphatic hydroxyl groups is 1. The van der Waals surface area contributed by atoms with Gasteiger partial charge in [0.05, 0.1) is 10.7 Å². The first-order chi connectivity index (χ1) is 9.82. The van der Waals surface area contributed by atoms with E-state index >= 15 is 0 Å². The third kappa shape index (κ3) is 2.06. The fraction of sp³-hybridized carbons (Fsp3) is 0.429. The number of anilines is 2. The van der Waals surface area contributed by atoms with E-state index in [0.29, 0.717) is 35.1 Å². The number of benzene rings is 1. The summed E-state index contributed by atoms with van der Waals surface area (Å²) in [7, 11) is 0.